The molecule has 1 aromatic heterocycles. The molecule has 0 aliphatic carbocycles. The van der Waals surface area contributed by atoms with Crippen LogP contribution in [-0.2, 0) is 14.3 Å². The standard InChI is InChI=1S/C14H13NO4/c1-18-13(16)4-3-9-7-11(14(17)19-2)10-5-6-15-12(10)8-9/h3-8,15H,1-2H3. The minimum Gasteiger partial charge on any atom is -0.466 e. The summed E-state index contributed by atoms with van der Waals surface area (Å²) in [5.74, 6) is -0.871. The number of carbonyl (C=O) groups is 2. The number of nitrogens with one attached hydrogen (secondary N) is 1. The number of hydrogen-bond acceptors (Lipinski definition) is 4. The van der Waals surface area contributed by atoms with Gasteiger partial charge in [0, 0.05) is 23.2 Å². The highest BCUT2D eigenvalue weighted by Crippen LogP contribution is 2.21. The maximum Gasteiger partial charge on any atom is 0.338 e. The van der Waals surface area contributed by atoms with E-state index in [2.05, 4.69) is 9.72 Å². The van der Waals surface area contributed by atoms with E-state index in [1.807, 2.05) is 6.07 Å². The molecule has 0 unspecified atom stereocenters. The quantitative estimate of drug-likeness (QED) is 0.677. The van der Waals surface area contributed by atoms with Gasteiger partial charge in [-0.2, -0.15) is 0 Å². The Labute approximate surface area is 109 Å². The number of carbonyl (C=O) groups excluding carboxylic acids is 2. The lowest BCUT2D eigenvalue weighted by atomic mass is 10.1. The monoisotopic (exact) mass is 259 g/mol. The van der Waals surface area contributed by atoms with Crippen LogP contribution < -0.4 is 0 Å². The zero-order chi connectivity index (χ0) is 13.8. The summed E-state index contributed by atoms with van der Waals surface area (Å²) in [5, 5.41) is 0.780. The summed E-state index contributed by atoms with van der Waals surface area (Å²) in [6.45, 7) is 0. The summed E-state index contributed by atoms with van der Waals surface area (Å²) < 4.78 is 9.27. The van der Waals surface area contributed by atoms with E-state index < -0.39 is 11.9 Å². The molecule has 2 rings (SSSR count). The molecule has 1 N–H and O–H groups in total. The number of benzene rings is 1. The number of hydrogen-bond donors (Lipinski definition) is 1. The van der Waals surface area contributed by atoms with Gasteiger partial charge >= 0.3 is 11.9 Å². The van der Waals surface area contributed by atoms with Crippen molar-refractivity contribution in [2.75, 3.05) is 14.2 Å². The number of methoxy groups -OCH3 is 2. The molecule has 0 atom stereocenters. The van der Waals surface area contributed by atoms with Crippen LogP contribution in [0.4, 0.5) is 0 Å². The second kappa shape index (κ2) is 5.39. The van der Waals surface area contributed by atoms with Crippen LogP contribution in [0.15, 0.2) is 30.5 Å². The van der Waals surface area contributed by atoms with Gasteiger partial charge in [-0.05, 0) is 29.8 Å². The van der Waals surface area contributed by atoms with E-state index in [-0.39, 0.29) is 0 Å². The molecular weight excluding hydrogens is 246 g/mol. The summed E-state index contributed by atoms with van der Waals surface area (Å²) in [6.07, 6.45) is 4.62. The highest BCUT2D eigenvalue weighted by atomic mass is 16.5. The normalized spacial score (nSPS) is 10.8. The van der Waals surface area contributed by atoms with Crippen LogP contribution in [0.5, 0.6) is 0 Å². The summed E-state index contributed by atoms with van der Waals surface area (Å²) >= 11 is 0. The first-order valence-corrected chi connectivity index (χ1v) is 5.61. The molecule has 0 saturated heterocycles. The van der Waals surface area contributed by atoms with Gasteiger partial charge < -0.3 is 14.5 Å². The Kier molecular flexibility index (Phi) is 3.66. The predicted molar refractivity (Wildman–Crippen MR) is 70.7 cm³/mol. The van der Waals surface area contributed by atoms with Gasteiger partial charge in [-0.15, -0.1) is 0 Å². The third-order valence-electron chi connectivity index (χ3n) is 2.71. The molecule has 0 saturated carbocycles. The number of aromatic amines is 1. The van der Waals surface area contributed by atoms with Crippen molar-refractivity contribution in [1.82, 2.24) is 4.98 Å². The molecule has 98 valence electrons. The fourth-order valence-corrected chi connectivity index (χ4v) is 1.80. The van der Waals surface area contributed by atoms with Crippen molar-refractivity contribution in [3.05, 3.63) is 41.6 Å². The highest BCUT2D eigenvalue weighted by molar-refractivity contribution is 6.05. The maximum absolute atomic E-state index is 11.7. The van der Waals surface area contributed by atoms with Crippen molar-refractivity contribution in [3.8, 4) is 0 Å². The first-order valence-electron chi connectivity index (χ1n) is 5.61. The molecule has 0 aliphatic rings. The molecule has 19 heavy (non-hydrogen) atoms. The van der Waals surface area contributed by atoms with Crippen molar-refractivity contribution in [2.24, 2.45) is 0 Å². The van der Waals surface area contributed by atoms with E-state index in [9.17, 15) is 9.59 Å². The van der Waals surface area contributed by atoms with Crippen LogP contribution in [0.1, 0.15) is 15.9 Å². The molecule has 1 heterocycles. The number of ether oxygens (including phenoxy) is 2. The lowest BCUT2D eigenvalue weighted by Gasteiger charge is -2.03. The Morgan fingerprint density at radius 2 is 2.00 bits per heavy atom. The topological polar surface area (TPSA) is 68.4 Å². The first-order chi connectivity index (χ1) is 9.15. The summed E-state index contributed by atoms with van der Waals surface area (Å²) in [4.78, 5) is 25.8. The summed E-state index contributed by atoms with van der Waals surface area (Å²) in [5.41, 5.74) is 1.96. The smallest absolute Gasteiger partial charge is 0.338 e. The Balaban J connectivity index is 2.49. The largest absolute Gasteiger partial charge is 0.466 e. The van der Waals surface area contributed by atoms with Crippen LogP contribution >= 0.6 is 0 Å². The van der Waals surface area contributed by atoms with Crippen LogP contribution in [0.25, 0.3) is 17.0 Å². The minimum absolute atomic E-state index is 0.419. The fraction of sp³-hybridized carbons (Fsp3) is 0.143. The van der Waals surface area contributed by atoms with Gasteiger partial charge in [0.05, 0.1) is 19.8 Å². The average molecular weight is 259 g/mol. The molecule has 0 bridgehead atoms. The van der Waals surface area contributed by atoms with Gasteiger partial charge in [0.25, 0.3) is 0 Å². The SMILES string of the molecule is COC(=O)C=Cc1cc(C(=O)OC)c2cc[nH]c2c1. The Hall–Kier alpha value is -2.56. The van der Waals surface area contributed by atoms with Gasteiger partial charge in [-0.25, -0.2) is 9.59 Å². The molecule has 5 heteroatoms. The van der Waals surface area contributed by atoms with E-state index in [0.29, 0.717) is 11.1 Å². The van der Waals surface area contributed by atoms with E-state index in [1.165, 1.54) is 20.3 Å². The zero-order valence-electron chi connectivity index (χ0n) is 10.6. The lowest BCUT2D eigenvalue weighted by molar-refractivity contribution is -0.134. The summed E-state index contributed by atoms with van der Waals surface area (Å²) in [7, 11) is 2.64. The Morgan fingerprint density at radius 1 is 1.21 bits per heavy atom. The molecule has 0 aliphatic heterocycles. The van der Waals surface area contributed by atoms with Gasteiger partial charge in [0.15, 0.2) is 0 Å². The van der Waals surface area contributed by atoms with Gasteiger partial charge in [-0.3, -0.25) is 0 Å². The third-order valence-corrected chi connectivity index (χ3v) is 2.71. The fourth-order valence-electron chi connectivity index (χ4n) is 1.80. The van der Waals surface area contributed by atoms with E-state index in [1.54, 1.807) is 24.4 Å². The average Bonchev–Trinajstić information content (AvgIpc) is 2.91. The summed E-state index contributed by atoms with van der Waals surface area (Å²) in [6, 6.07) is 5.30. The van der Waals surface area contributed by atoms with Crippen LogP contribution in [0.2, 0.25) is 0 Å². The minimum atomic E-state index is -0.453. The molecule has 0 amide bonds. The number of aromatic nitrogens is 1. The molecule has 1 aromatic carbocycles. The van der Waals surface area contributed by atoms with Crippen LogP contribution in [-0.4, -0.2) is 31.1 Å². The Morgan fingerprint density at radius 3 is 2.68 bits per heavy atom. The second-order valence-corrected chi connectivity index (χ2v) is 3.86. The van der Waals surface area contributed by atoms with E-state index in [4.69, 9.17) is 4.74 Å². The van der Waals surface area contributed by atoms with E-state index in [0.717, 1.165) is 10.9 Å². The van der Waals surface area contributed by atoms with Gasteiger partial charge in [-0.1, -0.05) is 0 Å². The second-order valence-electron chi connectivity index (χ2n) is 3.86. The van der Waals surface area contributed by atoms with Crippen molar-refractivity contribution < 1.29 is 19.1 Å². The van der Waals surface area contributed by atoms with Crippen molar-refractivity contribution in [3.63, 3.8) is 0 Å². The lowest BCUT2D eigenvalue weighted by Crippen LogP contribution is -2.02. The van der Waals surface area contributed by atoms with Crippen molar-refractivity contribution in [1.29, 1.82) is 0 Å². The number of rotatable bonds is 3. The third kappa shape index (κ3) is 2.65. The predicted octanol–water partition coefficient (Wildman–Crippen LogP) is 2.14. The van der Waals surface area contributed by atoms with Crippen LogP contribution in [0.3, 0.4) is 0 Å². The molecule has 2 aromatic rings. The number of esters is 2. The maximum atomic E-state index is 11.7. The molecule has 0 spiro atoms. The molecule has 5 nitrogen and oxygen atoms in total. The number of H-pyrrole nitrogens is 1. The number of fused-ring (bicyclic) bond motifs is 1. The molecular formula is C14H13NO4. The first kappa shape index (κ1) is 12.9. The molecule has 0 fully saturated rings. The van der Waals surface area contributed by atoms with Crippen LogP contribution in [0, 0.1) is 0 Å². The van der Waals surface area contributed by atoms with Crippen molar-refractivity contribution in [2.45, 2.75) is 0 Å². The highest BCUT2D eigenvalue weighted by Gasteiger charge is 2.12. The Bertz CT molecular complexity index is 655. The van der Waals surface area contributed by atoms with Crippen molar-refractivity contribution >= 4 is 28.9 Å². The van der Waals surface area contributed by atoms with Gasteiger partial charge in [0.2, 0.25) is 0 Å². The molecule has 0 radical (unpaired) electrons. The zero-order valence-corrected chi connectivity index (χ0v) is 10.6. The van der Waals surface area contributed by atoms with Gasteiger partial charge in [0.1, 0.15) is 0 Å². The van der Waals surface area contributed by atoms with E-state index >= 15 is 0 Å².